The second-order valence-corrected chi connectivity index (χ2v) is 7.56. The second kappa shape index (κ2) is 7.40. The number of nitrogens with one attached hydrogen (secondary N) is 1. The number of halogens is 1. The molecule has 2 aliphatic heterocycles. The molecule has 0 saturated carbocycles. The van der Waals surface area contributed by atoms with Gasteiger partial charge in [-0.3, -0.25) is 14.7 Å². The predicted molar refractivity (Wildman–Crippen MR) is 101 cm³/mol. The van der Waals surface area contributed by atoms with Crippen molar-refractivity contribution in [1.29, 1.82) is 0 Å². The fraction of sp³-hybridized carbons (Fsp3) is 0.500. The molecular formula is C20H25FN4O2. The van der Waals surface area contributed by atoms with E-state index in [0.29, 0.717) is 32.0 Å². The van der Waals surface area contributed by atoms with Crippen molar-refractivity contribution in [2.75, 3.05) is 24.5 Å². The second-order valence-electron chi connectivity index (χ2n) is 7.56. The Hall–Kier alpha value is -2.25. The number of aromatic nitrogens is 2. The van der Waals surface area contributed by atoms with E-state index in [1.54, 1.807) is 12.1 Å². The lowest BCUT2D eigenvalue weighted by Gasteiger charge is -2.36. The van der Waals surface area contributed by atoms with Gasteiger partial charge in [-0.25, -0.2) is 9.37 Å². The molecule has 6 nitrogen and oxygen atoms in total. The Morgan fingerprint density at radius 1 is 1.22 bits per heavy atom. The number of nitrogens with zero attached hydrogens (tertiary/aromatic N) is 3. The van der Waals surface area contributed by atoms with Crippen LogP contribution in [0.1, 0.15) is 30.7 Å². The number of ether oxygens (including phenoxy) is 1. The molecule has 2 aromatic rings. The number of fused-ring (bicyclic) bond motifs is 1. The molecule has 1 fully saturated rings. The van der Waals surface area contributed by atoms with E-state index in [4.69, 9.17) is 9.72 Å². The van der Waals surface area contributed by atoms with Crippen LogP contribution >= 0.6 is 0 Å². The molecule has 1 aromatic carbocycles. The Labute approximate surface area is 158 Å². The number of anilines is 1. The maximum atomic E-state index is 13.1. The van der Waals surface area contributed by atoms with Gasteiger partial charge in [-0.05, 0) is 38.0 Å². The predicted octanol–water partition coefficient (Wildman–Crippen LogP) is 2.08. The van der Waals surface area contributed by atoms with Crippen molar-refractivity contribution in [1.82, 2.24) is 14.9 Å². The average molecular weight is 372 g/mol. The number of hydrogen-bond donors (Lipinski definition) is 1. The van der Waals surface area contributed by atoms with Crippen LogP contribution in [0.4, 0.5) is 10.3 Å². The summed E-state index contributed by atoms with van der Waals surface area (Å²) in [7, 11) is 0. The van der Waals surface area contributed by atoms with Crippen LogP contribution in [0.2, 0.25) is 0 Å². The van der Waals surface area contributed by atoms with Gasteiger partial charge in [0.2, 0.25) is 5.95 Å². The van der Waals surface area contributed by atoms with Crippen LogP contribution in [0.3, 0.4) is 0 Å². The van der Waals surface area contributed by atoms with Gasteiger partial charge >= 0.3 is 0 Å². The van der Waals surface area contributed by atoms with E-state index < -0.39 is 0 Å². The average Bonchev–Trinajstić information content (AvgIpc) is 2.62. The van der Waals surface area contributed by atoms with Crippen LogP contribution in [0.25, 0.3) is 0 Å². The van der Waals surface area contributed by atoms with Gasteiger partial charge in [0.05, 0.1) is 17.9 Å². The van der Waals surface area contributed by atoms with Crippen LogP contribution in [0.5, 0.6) is 0 Å². The molecule has 1 N–H and O–H groups in total. The van der Waals surface area contributed by atoms with Crippen molar-refractivity contribution in [2.45, 2.75) is 45.6 Å². The lowest BCUT2D eigenvalue weighted by atomic mass is 10.1. The van der Waals surface area contributed by atoms with Crippen molar-refractivity contribution < 1.29 is 9.13 Å². The molecule has 1 aromatic heterocycles. The molecular weight excluding hydrogens is 347 g/mol. The number of H-pyrrole nitrogens is 1. The number of hydrogen-bond acceptors (Lipinski definition) is 5. The first-order valence-corrected chi connectivity index (χ1v) is 9.47. The van der Waals surface area contributed by atoms with E-state index in [9.17, 15) is 9.18 Å². The molecule has 0 bridgehead atoms. The van der Waals surface area contributed by atoms with Gasteiger partial charge in [0.15, 0.2) is 0 Å². The standard InChI is InChI=1S/C20H25FN4O2/c1-13-9-25(10-14(2)27-13)20-22-18-12-24(8-7-17(18)19(26)23-20)11-15-3-5-16(21)6-4-15/h3-6,13-14H,7-12H2,1-2H3,(H,22,23,26)/t13-,14-/m0/s1. The normalized spacial score (nSPS) is 23.3. The summed E-state index contributed by atoms with van der Waals surface area (Å²) in [6, 6.07) is 6.57. The lowest BCUT2D eigenvalue weighted by Crippen LogP contribution is -2.47. The minimum absolute atomic E-state index is 0.0387. The Morgan fingerprint density at radius 2 is 1.93 bits per heavy atom. The minimum atomic E-state index is -0.227. The lowest BCUT2D eigenvalue weighted by molar-refractivity contribution is -0.00576. The molecule has 0 unspecified atom stereocenters. The van der Waals surface area contributed by atoms with Crippen molar-refractivity contribution in [3.05, 3.63) is 57.3 Å². The van der Waals surface area contributed by atoms with Gasteiger partial charge in [-0.2, -0.15) is 0 Å². The van der Waals surface area contributed by atoms with Crippen LogP contribution in [0.15, 0.2) is 29.1 Å². The maximum Gasteiger partial charge on any atom is 0.255 e. The molecule has 2 aliphatic rings. The zero-order valence-electron chi connectivity index (χ0n) is 15.7. The summed E-state index contributed by atoms with van der Waals surface area (Å²) in [6.07, 6.45) is 0.879. The number of aromatic amines is 1. The summed E-state index contributed by atoms with van der Waals surface area (Å²) in [5.74, 6) is 0.402. The van der Waals surface area contributed by atoms with Crippen molar-refractivity contribution >= 4 is 5.95 Å². The molecule has 0 aliphatic carbocycles. The van der Waals surface area contributed by atoms with Gasteiger partial charge in [0.1, 0.15) is 5.82 Å². The Balaban J connectivity index is 1.54. The fourth-order valence-corrected chi connectivity index (χ4v) is 3.96. The molecule has 0 spiro atoms. The van der Waals surface area contributed by atoms with Crippen LogP contribution in [-0.2, 0) is 24.2 Å². The highest BCUT2D eigenvalue weighted by Crippen LogP contribution is 2.21. The number of morpholine rings is 1. The highest BCUT2D eigenvalue weighted by Gasteiger charge is 2.26. The first-order valence-electron chi connectivity index (χ1n) is 9.47. The van der Waals surface area contributed by atoms with E-state index in [0.717, 1.165) is 29.9 Å². The highest BCUT2D eigenvalue weighted by molar-refractivity contribution is 5.35. The molecule has 2 atom stereocenters. The Bertz CT molecular complexity index is 857. The summed E-state index contributed by atoms with van der Waals surface area (Å²) in [6.45, 7) is 7.62. The van der Waals surface area contributed by atoms with Gasteiger partial charge < -0.3 is 9.64 Å². The van der Waals surface area contributed by atoms with Crippen molar-refractivity contribution in [3.8, 4) is 0 Å². The first-order chi connectivity index (χ1) is 13.0. The van der Waals surface area contributed by atoms with E-state index in [2.05, 4.69) is 14.8 Å². The summed E-state index contributed by atoms with van der Waals surface area (Å²) in [5, 5.41) is 0. The molecule has 0 amide bonds. The molecule has 7 heteroatoms. The third-order valence-electron chi connectivity index (χ3n) is 5.18. The van der Waals surface area contributed by atoms with E-state index in [-0.39, 0.29) is 23.6 Å². The Morgan fingerprint density at radius 3 is 2.63 bits per heavy atom. The minimum Gasteiger partial charge on any atom is -0.372 e. The van der Waals surface area contributed by atoms with Gasteiger partial charge in [0, 0.05) is 38.3 Å². The molecule has 3 heterocycles. The number of rotatable bonds is 3. The van der Waals surface area contributed by atoms with Crippen molar-refractivity contribution in [2.24, 2.45) is 0 Å². The molecule has 144 valence electrons. The first kappa shape index (κ1) is 18.1. The monoisotopic (exact) mass is 372 g/mol. The van der Waals surface area contributed by atoms with Crippen LogP contribution < -0.4 is 10.5 Å². The zero-order valence-corrected chi connectivity index (χ0v) is 15.7. The van der Waals surface area contributed by atoms with Gasteiger partial charge in [-0.15, -0.1) is 0 Å². The third kappa shape index (κ3) is 4.04. The summed E-state index contributed by atoms with van der Waals surface area (Å²) in [5.41, 5.74) is 2.64. The molecule has 4 rings (SSSR count). The van der Waals surface area contributed by atoms with Crippen LogP contribution in [0, 0.1) is 5.82 Å². The zero-order chi connectivity index (χ0) is 19.0. The molecule has 1 saturated heterocycles. The smallest absolute Gasteiger partial charge is 0.255 e. The summed E-state index contributed by atoms with van der Waals surface area (Å²) in [4.78, 5) is 24.7. The maximum absolute atomic E-state index is 13.1. The Kier molecular flexibility index (Phi) is 4.97. The van der Waals surface area contributed by atoms with Gasteiger partial charge in [-0.1, -0.05) is 12.1 Å². The summed E-state index contributed by atoms with van der Waals surface area (Å²) < 4.78 is 18.9. The number of benzene rings is 1. The van der Waals surface area contributed by atoms with Crippen molar-refractivity contribution in [3.63, 3.8) is 0 Å². The quantitative estimate of drug-likeness (QED) is 0.894. The fourth-order valence-electron chi connectivity index (χ4n) is 3.96. The SMILES string of the molecule is C[C@H]1CN(c2nc3c(c(=O)[nH]2)CCN(Cc2ccc(F)cc2)C3)C[C@H](C)O1. The summed E-state index contributed by atoms with van der Waals surface area (Å²) >= 11 is 0. The molecule has 27 heavy (non-hydrogen) atoms. The van der Waals surface area contributed by atoms with E-state index in [1.165, 1.54) is 12.1 Å². The largest absolute Gasteiger partial charge is 0.372 e. The van der Waals surface area contributed by atoms with Gasteiger partial charge in [0.25, 0.3) is 5.56 Å². The third-order valence-corrected chi connectivity index (χ3v) is 5.18. The van der Waals surface area contributed by atoms with E-state index in [1.807, 2.05) is 13.8 Å². The van der Waals surface area contributed by atoms with Crippen LogP contribution in [-0.4, -0.2) is 46.7 Å². The highest BCUT2D eigenvalue weighted by atomic mass is 19.1. The molecule has 0 radical (unpaired) electrons. The van der Waals surface area contributed by atoms with E-state index >= 15 is 0 Å². The topological polar surface area (TPSA) is 61.5 Å².